The highest BCUT2D eigenvalue weighted by molar-refractivity contribution is 7.99. The number of aromatic nitrogens is 2. The lowest BCUT2D eigenvalue weighted by Crippen LogP contribution is -2.46. The molecule has 0 saturated carbocycles. The number of rotatable bonds is 5. The number of nitrogens with zero attached hydrogens (tertiary/aromatic N) is 2. The summed E-state index contributed by atoms with van der Waals surface area (Å²) in [7, 11) is 0. The third-order valence-electron chi connectivity index (χ3n) is 5.03. The van der Waals surface area contributed by atoms with Gasteiger partial charge in [0.1, 0.15) is 6.04 Å². The van der Waals surface area contributed by atoms with Crippen molar-refractivity contribution in [3.05, 3.63) is 54.1 Å². The second kappa shape index (κ2) is 8.69. The monoisotopic (exact) mass is 408 g/mol. The topological polar surface area (TPSA) is 76.0 Å². The number of carbonyl (C=O) groups is 2. The molecule has 3 aromatic rings. The molecule has 29 heavy (non-hydrogen) atoms. The molecule has 0 radical (unpaired) electrons. The summed E-state index contributed by atoms with van der Waals surface area (Å²) in [5.41, 5.74) is 4.09. The Morgan fingerprint density at radius 1 is 1.21 bits per heavy atom. The Morgan fingerprint density at radius 3 is 2.83 bits per heavy atom. The Labute approximate surface area is 174 Å². The normalized spacial score (nSPS) is 17.0. The summed E-state index contributed by atoms with van der Waals surface area (Å²) in [5.74, 6) is -0.0359. The number of imidazole rings is 1. The number of hydrogen-bond acceptors (Lipinski definition) is 4. The molecule has 2 N–H and O–H groups in total. The summed E-state index contributed by atoms with van der Waals surface area (Å²) >= 11 is 1.38. The minimum atomic E-state index is -0.443. The molecule has 0 spiro atoms. The SMILES string of the molecule is Cc1ccc(-n2c(SCC(=O)N[C@H]3CCCCNC3=O)nc3ccccc32)cc1. The van der Waals surface area contributed by atoms with Gasteiger partial charge in [-0.1, -0.05) is 41.6 Å². The fraction of sp³-hybridized carbons (Fsp3) is 0.318. The molecule has 7 heteroatoms. The molecule has 2 heterocycles. The predicted octanol–water partition coefficient (Wildman–Crippen LogP) is 3.21. The van der Waals surface area contributed by atoms with E-state index in [9.17, 15) is 9.59 Å². The van der Waals surface area contributed by atoms with Crippen molar-refractivity contribution >= 4 is 34.6 Å². The molecule has 1 aliphatic rings. The minimum Gasteiger partial charge on any atom is -0.354 e. The smallest absolute Gasteiger partial charge is 0.242 e. The van der Waals surface area contributed by atoms with Gasteiger partial charge in [-0.3, -0.25) is 14.2 Å². The van der Waals surface area contributed by atoms with Gasteiger partial charge in [0.05, 0.1) is 16.8 Å². The highest BCUT2D eigenvalue weighted by Gasteiger charge is 2.23. The molecule has 1 fully saturated rings. The van der Waals surface area contributed by atoms with Crippen LogP contribution in [0.3, 0.4) is 0 Å². The molecule has 6 nitrogen and oxygen atoms in total. The van der Waals surface area contributed by atoms with Crippen LogP contribution in [0.15, 0.2) is 53.7 Å². The summed E-state index contributed by atoms with van der Waals surface area (Å²) in [6.45, 7) is 2.74. The first-order valence-corrected chi connectivity index (χ1v) is 10.8. The van der Waals surface area contributed by atoms with E-state index in [1.807, 2.05) is 24.3 Å². The minimum absolute atomic E-state index is 0.0901. The zero-order valence-electron chi connectivity index (χ0n) is 16.4. The molecule has 2 amide bonds. The van der Waals surface area contributed by atoms with Crippen molar-refractivity contribution < 1.29 is 9.59 Å². The molecule has 4 rings (SSSR count). The number of carbonyl (C=O) groups excluding carboxylic acids is 2. The number of hydrogen-bond donors (Lipinski definition) is 2. The molecule has 1 atom stereocenters. The first-order chi connectivity index (χ1) is 14.1. The van der Waals surface area contributed by atoms with E-state index in [0.717, 1.165) is 34.7 Å². The van der Waals surface area contributed by atoms with Crippen LogP contribution >= 0.6 is 11.8 Å². The van der Waals surface area contributed by atoms with Gasteiger partial charge in [0.25, 0.3) is 0 Å². The van der Waals surface area contributed by atoms with Crippen molar-refractivity contribution in [2.75, 3.05) is 12.3 Å². The van der Waals surface area contributed by atoms with Crippen LogP contribution in [0.5, 0.6) is 0 Å². The second-order valence-electron chi connectivity index (χ2n) is 7.25. The average Bonchev–Trinajstić information content (AvgIpc) is 2.98. The van der Waals surface area contributed by atoms with Crippen LogP contribution in [-0.2, 0) is 9.59 Å². The van der Waals surface area contributed by atoms with Crippen LogP contribution in [0.4, 0.5) is 0 Å². The molecular weight excluding hydrogens is 384 g/mol. The van der Waals surface area contributed by atoms with Crippen LogP contribution in [0.25, 0.3) is 16.7 Å². The van der Waals surface area contributed by atoms with Crippen LogP contribution in [0, 0.1) is 6.92 Å². The number of nitrogens with one attached hydrogen (secondary N) is 2. The summed E-state index contributed by atoms with van der Waals surface area (Å²) < 4.78 is 2.07. The van der Waals surface area contributed by atoms with Gasteiger partial charge in [-0.05, 0) is 50.5 Å². The molecule has 1 saturated heterocycles. The van der Waals surface area contributed by atoms with E-state index in [2.05, 4.69) is 46.4 Å². The Bertz CT molecular complexity index is 1030. The highest BCUT2D eigenvalue weighted by Crippen LogP contribution is 2.28. The van der Waals surface area contributed by atoms with Crippen molar-refractivity contribution in [1.82, 2.24) is 20.2 Å². The van der Waals surface area contributed by atoms with Crippen molar-refractivity contribution in [3.8, 4) is 5.69 Å². The van der Waals surface area contributed by atoms with Crippen molar-refractivity contribution in [1.29, 1.82) is 0 Å². The first kappa shape index (κ1) is 19.5. The second-order valence-corrected chi connectivity index (χ2v) is 8.19. The van der Waals surface area contributed by atoms with Gasteiger partial charge in [-0.25, -0.2) is 4.98 Å². The Morgan fingerprint density at radius 2 is 2.00 bits per heavy atom. The maximum atomic E-state index is 12.5. The zero-order valence-corrected chi connectivity index (χ0v) is 17.2. The van der Waals surface area contributed by atoms with E-state index >= 15 is 0 Å². The molecule has 2 aromatic carbocycles. The van der Waals surface area contributed by atoms with Crippen LogP contribution in [0.1, 0.15) is 24.8 Å². The molecular formula is C22H24N4O2S. The van der Waals surface area contributed by atoms with Crippen LogP contribution < -0.4 is 10.6 Å². The number of thioether (sulfide) groups is 1. The summed E-state index contributed by atoms with van der Waals surface area (Å²) in [4.78, 5) is 29.3. The fourth-order valence-corrected chi connectivity index (χ4v) is 4.33. The molecule has 0 aliphatic carbocycles. The van der Waals surface area contributed by atoms with Gasteiger partial charge < -0.3 is 10.6 Å². The molecule has 0 unspecified atom stereocenters. The average molecular weight is 409 g/mol. The molecule has 1 aliphatic heterocycles. The lowest BCUT2D eigenvalue weighted by molar-refractivity contribution is -0.127. The first-order valence-electron chi connectivity index (χ1n) is 9.86. The summed E-state index contributed by atoms with van der Waals surface area (Å²) in [6.07, 6.45) is 2.57. The number of para-hydroxylation sites is 2. The number of fused-ring (bicyclic) bond motifs is 1. The van der Waals surface area contributed by atoms with Gasteiger partial charge in [-0.15, -0.1) is 0 Å². The maximum Gasteiger partial charge on any atom is 0.242 e. The Kier molecular flexibility index (Phi) is 5.85. The van der Waals surface area contributed by atoms with Gasteiger partial charge in [-0.2, -0.15) is 0 Å². The molecule has 1 aromatic heterocycles. The number of aryl methyl sites for hydroxylation is 1. The predicted molar refractivity (Wildman–Crippen MR) is 115 cm³/mol. The van der Waals surface area contributed by atoms with E-state index in [-0.39, 0.29) is 17.6 Å². The molecule has 0 bridgehead atoms. The Hall–Kier alpha value is -2.80. The highest BCUT2D eigenvalue weighted by atomic mass is 32.2. The quantitative estimate of drug-likeness (QED) is 0.636. The summed E-state index contributed by atoms with van der Waals surface area (Å²) in [5, 5.41) is 6.48. The number of amides is 2. The van der Waals surface area contributed by atoms with Gasteiger partial charge >= 0.3 is 0 Å². The summed E-state index contributed by atoms with van der Waals surface area (Å²) in [6, 6.07) is 15.8. The van der Waals surface area contributed by atoms with Crippen LogP contribution in [-0.4, -0.2) is 39.7 Å². The largest absolute Gasteiger partial charge is 0.354 e. The van der Waals surface area contributed by atoms with E-state index in [4.69, 9.17) is 4.98 Å². The van der Waals surface area contributed by atoms with E-state index in [1.54, 1.807) is 0 Å². The van der Waals surface area contributed by atoms with Crippen molar-refractivity contribution in [2.45, 2.75) is 37.4 Å². The maximum absolute atomic E-state index is 12.5. The van der Waals surface area contributed by atoms with Crippen LogP contribution in [0.2, 0.25) is 0 Å². The van der Waals surface area contributed by atoms with E-state index in [0.29, 0.717) is 13.0 Å². The third-order valence-corrected chi connectivity index (χ3v) is 5.96. The zero-order chi connectivity index (χ0) is 20.2. The lowest BCUT2D eigenvalue weighted by Gasteiger charge is -2.15. The third kappa shape index (κ3) is 4.45. The van der Waals surface area contributed by atoms with Gasteiger partial charge in [0.2, 0.25) is 11.8 Å². The van der Waals surface area contributed by atoms with Crippen molar-refractivity contribution in [3.63, 3.8) is 0 Å². The van der Waals surface area contributed by atoms with Crippen molar-refractivity contribution in [2.24, 2.45) is 0 Å². The Balaban J connectivity index is 1.53. The van der Waals surface area contributed by atoms with E-state index < -0.39 is 6.04 Å². The standard InChI is InChI=1S/C22H24N4O2S/c1-15-9-11-16(12-10-15)26-19-8-3-2-6-17(19)25-22(26)29-14-20(27)24-18-7-4-5-13-23-21(18)28/h2-3,6,8-12,18H,4-5,7,13-14H2,1H3,(H,23,28)(H,24,27)/t18-/m0/s1. The molecule has 150 valence electrons. The van der Waals surface area contributed by atoms with Gasteiger partial charge in [0, 0.05) is 12.2 Å². The van der Waals surface area contributed by atoms with Gasteiger partial charge in [0.15, 0.2) is 5.16 Å². The van der Waals surface area contributed by atoms with E-state index in [1.165, 1.54) is 17.3 Å². The fourth-order valence-electron chi connectivity index (χ4n) is 3.49. The lowest BCUT2D eigenvalue weighted by atomic mass is 10.1. The number of benzene rings is 2.